The van der Waals surface area contributed by atoms with Crippen LogP contribution in [0.5, 0.6) is 0 Å². The SMILES string of the molecule is CC(NC(=O)C(NC(=O)C(C)NC(=O)OCc1ccccc1)c1ccccc1)C(=O)O. The van der Waals surface area contributed by atoms with E-state index >= 15 is 0 Å². The summed E-state index contributed by atoms with van der Waals surface area (Å²) >= 11 is 0. The van der Waals surface area contributed by atoms with Gasteiger partial charge in [-0.1, -0.05) is 60.7 Å². The average Bonchev–Trinajstić information content (AvgIpc) is 2.76. The van der Waals surface area contributed by atoms with Crippen molar-refractivity contribution in [1.82, 2.24) is 16.0 Å². The predicted octanol–water partition coefficient (Wildman–Crippen LogP) is 1.75. The van der Waals surface area contributed by atoms with Crippen LogP contribution in [0.1, 0.15) is 31.0 Å². The van der Waals surface area contributed by atoms with Gasteiger partial charge in [-0.15, -0.1) is 0 Å². The normalized spacial score (nSPS) is 13.2. The highest BCUT2D eigenvalue weighted by atomic mass is 16.5. The van der Waals surface area contributed by atoms with Gasteiger partial charge in [-0.05, 0) is 25.0 Å². The lowest BCUT2D eigenvalue weighted by atomic mass is 10.1. The largest absolute Gasteiger partial charge is 0.480 e. The number of amides is 3. The second-order valence-corrected chi connectivity index (χ2v) is 6.85. The molecule has 164 valence electrons. The molecular formula is C22H25N3O6. The summed E-state index contributed by atoms with van der Waals surface area (Å²) in [5.41, 5.74) is 1.26. The predicted molar refractivity (Wildman–Crippen MR) is 112 cm³/mol. The quantitative estimate of drug-likeness (QED) is 0.482. The standard InChI is InChI=1S/C22H25N3O6/c1-14(24-22(30)31-13-16-9-5-3-6-10-16)19(26)25-18(17-11-7-4-8-12-17)20(27)23-15(2)21(28)29/h3-12,14-15,18H,13H2,1-2H3,(H,23,27)(H,24,30)(H,25,26)(H,28,29). The van der Waals surface area contributed by atoms with Crippen molar-refractivity contribution in [2.75, 3.05) is 0 Å². The van der Waals surface area contributed by atoms with Gasteiger partial charge >= 0.3 is 12.1 Å². The molecule has 2 aromatic carbocycles. The van der Waals surface area contributed by atoms with E-state index in [0.29, 0.717) is 5.56 Å². The Kier molecular flexibility index (Phi) is 8.56. The molecule has 0 aliphatic rings. The number of carboxylic acids is 1. The van der Waals surface area contributed by atoms with Gasteiger partial charge in [0.1, 0.15) is 24.7 Å². The fraction of sp³-hybridized carbons (Fsp3) is 0.273. The third kappa shape index (κ3) is 7.46. The highest BCUT2D eigenvalue weighted by Crippen LogP contribution is 2.13. The lowest BCUT2D eigenvalue weighted by Gasteiger charge is -2.22. The van der Waals surface area contributed by atoms with Crippen molar-refractivity contribution in [3.05, 3.63) is 71.8 Å². The molecule has 2 rings (SSSR count). The molecule has 0 aliphatic heterocycles. The molecule has 3 unspecified atom stereocenters. The number of rotatable bonds is 9. The molecule has 9 heteroatoms. The molecule has 0 aliphatic carbocycles. The Morgan fingerprint density at radius 3 is 1.97 bits per heavy atom. The third-order valence-electron chi connectivity index (χ3n) is 4.35. The Labute approximate surface area is 179 Å². The number of alkyl carbamates (subject to hydrolysis) is 1. The smallest absolute Gasteiger partial charge is 0.408 e. The van der Waals surface area contributed by atoms with Gasteiger partial charge < -0.3 is 25.8 Å². The zero-order valence-corrected chi connectivity index (χ0v) is 17.2. The fourth-order valence-electron chi connectivity index (χ4n) is 2.58. The Balaban J connectivity index is 1.98. The van der Waals surface area contributed by atoms with Crippen LogP contribution in [0.4, 0.5) is 4.79 Å². The van der Waals surface area contributed by atoms with Gasteiger partial charge in [0.2, 0.25) is 11.8 Å². The maximum Gasteiger partial charge on any atom is 0.408 e. The van der Waals surface area contributed by atoms with E-state index < -0.39 is 42.0 Å². The van der Waals surface area contributed by atoms with E-state index in [-0.39, 0.29) is 6.61 Å². The van der Waals surface area contributed by atoms with E-state index in [1.807, 2.05) is 18.2 Å². The van der Waals surface area contributed by atoms with Crippen molar-refractivity contribution in [3.8, 4) is 0 Å². The van der Waals surface area contributed by atoms with Crippen molar-refractivity contribution < 1.29 is 29.0 Å². The van der Waals surface area contributed by atoms with Crippen LogP contribution < -0.4 is 16.0 Å². The van der Waals surface area contributed by atoms with Gasteiger partial charge in [0.05, 0.1) is 0 Å². The first-order valence-corrected chi connectivity index (χ1v) is 9.63. The van der Waals surface area contributed by atoms with Crippen LogP contribution >= 0.6 is 0 Å². The molecule has 2 aromatic rings. The maximum atomic E-state index is 12.6. The summed E-state index contributed by atoms with van der Waals surface area (Å²) in [6, 6.07) is 14.1. The summed E-state index contributed by atoms with van der Waals surface area (Å²) in [5.74, 6) is -2.53. The molecular weight excluding hydrogens is 402 g/mol. The molecule has 0 saturated carbocycles. The molecule has 0 aromatic heterocycles. The maximum absolute atomic E-state index is 12.6. The van der Waals surface area contributed by atoms with E-state index in [2.05, 4.69) is 16.0 Å². The van der Waals surface area contributed by atoms with Gasteiger partial charge in [0, 0.05) is 0 Å². The van der Waals surface area contributed by atoms with Crippen LogP contribution in [-0.4, -0.2) is 41.1 Å². The number of carbonyl (C=O) groups excluding carboxylic acids is 3. The number of carbonyl (C=O) groups is 4. The van der Waals surface area contributed by atoms with Crippen LogP contribution in [0.15, 0.2) is 60.7 Å². The number of benzene rings is 2. The van der Waals surface area contributed by atoms with Crippen LogP contribution in [0, 0.1) is 0 Å². The third-order valence-corrected chi connectivity index (χ3v) is 4.35. The van der Waals surface area contributed by atoms with E-state index in [9.17, 15) is 19.2 Å². The Hall–Kier alpha value is -3.88. The molecule has 0 fully saturated rings. The van der Waals surface area contributed by atoms with Crippen LogP contribution in [0.25, 0.3) is 0 Å². The Bertz CT molecular complexity index is 904. The van der Waals surface area contributed by atoms with Gasteiger partial charge in [-0.3, -0.25) is 14.4 Å². The first-order chi connectivity index (χ1) is 14.8. The van der Waals surface area contributed by atoms with Crippen molar-refractivity contribution in [1.29, 1.82) is 0 Å². The van der Waals surface area contributed by atoms with Crippen molar-refractivity contribution in [3.63, 3.8) is 0 Å². The number of nitrogens with one attached hydrogen (secondary N) is 3. The zero-order valence-electron chi connectivity index (χ0n) is 17.2. The lowest BCUT2D eigenvalue weighted by Crippen LogP contribution is -2.50. The lowest BCUT2D eigenvalue weighted by molar-refractivity contribution is -0.141. The highest BCUT2D eigenvalue weighted by molar-refractivity contribution is 5.93. The number of carboxylic acid groups (broad SMARTS) is 1. The molecule has 0 bridgehead atoms. The second-order valence-electron chi connectivity index (χ2n) is 6.85. The first-order valence-electron chi connectivity index (χ1n) is 9.63. The van der Waals surface area contributed by atoms with Crippen molar-refractivity contribution >= 4 is 23.9 Å². The zero-order chi connectivity index (χ0) is 22.8. The molecule has 0 radical (unpaired) electrons. The summed E-state index contributed by atoms with van der Waals surface area (Å²) in [7, 11) is 0. The topological polar surface area (TPSA) is 134 Å². The Morgan fingerprint density at radius 1 is 0.806 bits per heavy atom. The van der Waals surface area contributed by atoms with Gasteiger partial charge in [-0.2, -0.15) is 0 Å². The summed E-state index contributed by atoms with van der Waals surface area (Å²) in [4.78, 5) is 48.2. The van der Waals surface area contributed by atoms with Gasteiger partial charge in [-0.25, -0.2) is 4.79 Å². The van der Waals surface area contributed by atoms with Crippen LogP contribution in [0.2, 0.25) is 0 Å². The first kappa shape index (κ1) is 23.4. The van der Waals surface area contributed by atoms with Crippen molar-refractivity contribution in [2.24, 2.45) is 0 Å². The molecule has 0 spiro atoms. The summed E-state index contributed by atoms with van der Waals surface area (Å²) in [6.45, 7) is 2.80. The minimum atomic E-state index is -1.21. The van der Waals surface area contributed by atoms with Crippen LogP contribution in [0.3, 0.4) is 0 Å². The van der Waals surface area contributed by atoms with Crippen LogP contribution in [-0.2, 0) is 25.7 Å². The van der Waals surface area contributed by atoms with E-state index in [1.54, 1.807) is 42.5 Å². The monoisotopic (exact) mass is 427 g/mol. The minimum Gasteiger partial charge on any atom is -0.480 e. The van der Waals surface area contributed by atoms with Gasteiger partial charge in [0.25, 0.3) is 0 Å². The van der Waals surface area contributed by atoms with Crippen molar-refractivity contribution in [2.45, 2.75) is 38.6 Å². The van der Waals surface area contributed by atoms with E-state index in [0.717, 1.165) is 5.56 Å². The van der Waals surface area contributed by atoms with E-state index in [4.69, 9.17) is 9.84 Å². The number of aliphatic carboxylic acids is 1. The minimum absolute atomic E-state index is 0.0448. The number of hydrogen-bond donors (Lipinski definition) is 4. The summed E-state index contributed by atoms with van der Waals surface area (Å²) < 4.78 is 5.09. The second kappa shape index (κ2) is 11.3. The molecule has 4 N–H and O–H groups in total. The molecule has 0 saturated heterocycles. The molecule has 9 nitrogen and oxygen atoms in total. The number of hydrogen-bond acceptors (Lipinski definition) is 5. The van der Waals surface area contributed by atoms with Gasteiger partial charge in [0.15, 0.2) is 0 Å². The summed E-state index contributed by atoms with van der Waals surface area (Å²) in [5, 5.41) is 16.3. The molecule has 3 amide bonds. The van der Waals surface area contributed by atoms with E-state index in [1.165, 1.54) is 13.8 Å². The highest BCUT2D eigenvalue weighted by Gasteiger charge is 2.28. The molecule has 0 heterocycles. The number of ether oxygens (including phenoxy) is 1. The Morgan fingerprint density at radius 2 is 1.39 bits per heavy atom. The average molecular weight is 427 g/mol. The molecule has 3 atom stereocenters. The summed E-state index contributed by atoms with van der Waals surface area (Å²) in [6.07, 6.45) is -0.785. The fourth-order valence-corrected chi connectivity index (χ4v) is 2.58. The molecule has 31 heavy (non-hydrogen) atoms.